The van der Waals surface area contributed by atoms with Crippen LogP contribution >= 0.6 is 0 Å². The van der Waals surface area contributed by atoms with Gasteiger partial charge < -0.3 is 0 Å². The van der Waals surface area contributed by atoms with Gasteiger partial charge in [0.2, 0.25) is 0 Å². The summed E-state index contributed by atoms with van der Waals surface area (Å²) < 4.78 is 15.4. The van der Waals surface area contributed by atoms with Crippen LogP contribution in [0.3, 0.4) is 0 Å². The number of carbonyl (C=O) groups is 2. The Labute approximate surface area is 125 Å². The summed E-state index contributed by atoms with van der Waals surface area (Å²) in [5.74, 6) is -1.05. The average molecular weight is 348 g/mol. The summed E-state index contributed by atoms with van der Waals surface area (Å²) in [5.41, 5.74) is 0.265. The first-order chi connectivity index (χ1) is 9.40. The Hall–Kier alpha value is -1.35. The van der Waals surface area contributed by atoms with Crippen molar-refractivity contribution in [2.45, 2.75) is 51.5 Å². The van der Waals surface area contributed by atoms with E-state index in [1.807, 2.05) is 11.9 Å². The van der Waals surface area contributed by atoms with E-state index in [9.17, 15) is 9.59 Å². The Balaban J connectivity index is 4.31. The third-order valence-electron chi connectivity index (χ3n) is 2.01. The van der Waals surface area contributed by atoms with Gasteiger partial charge in [-0.05, 0) is 0 Å². The molecule has 0 saturated carbocycles. The molecule has 0 aliphatic carbocycles. The van der Waals surface area contributed by atoms with Crippen LogP contribution in [0, 0.1) is 10.2 Å². The summed E-state index contributed by atoms with van der Waals surface area (Å²) in [6.45, 7) is 8.44. The van der Waals surface area contributed by atoms with Crippen molar-refractivity contribution in [3.8, 4) is 4.97 Å². The molecule has 20 heavy (non-hydrogen) atoms. The number of ether oxygens (including phenoxy) is 3. The monoisotopic (exact) mass is 349 g/mol. The van der Waals surface area contributed by atoms with Crippen LogP contribution in [-0.4, -0.2) is 39.5 Å². The maximum atomic E-state index is 11.4. The quantitative estimate of drug-likeness (QED) is 0.273. The standard InChI is InChI=1S/C13H19NO5Se/c1-5-6-12(19-11(15)7-20-8-14)17-10(4)18-13(16)9(2)3/h10,12H,2,5-7H2,1,3-4H3. The second-order valence-electron chi connectivity index (χ2n) is 3.98. The SMILES string of the molecule is C=C(C)C(=O)OC(C)OC(CCC)OC(=O)C[Se]C#N. The van der Waals surface area contributed by atoms with Crippen molar-refractivity contribution < 1.29 is 23.8 Å². The molecule has 0 rings (SSSR count). The Morgan fingerprint density at radius 1 is 1.40 bits per heavy atom. The molecule has 0 aromatic heterocycles. The molecule has 7 heteroatoms. The molecule has 112 valence electrons. The summed E-state index contributed by atoms with van der Waals surface area (Å²) in [7, 11) is 0. The Morgan fingerprint density at radius 2 is 2.05 bits per heavy atom. The molecule has 2 unspecified atom stereocenters. The summed E-state index contributed by atoms with van der Waals surface area (Å²) in [6, 6.07) is 0. The van der Waals surface area contributed by atoms with Crippen LogP contribution in [0.1, 0.15) is 33.6 Å². The number of rotatable bonds is 9. The van der Waals surface area contributed by atoms with Gasteiger partial charge in [-0.25, -0.2) is 0 Å². The molecule has 0 fully saturated rings. The van der Waals surface area contributed by atoms with Crippen molar-refractivity contribution in [2.24, 2.45) is 0 Å². The molecule has 0 aromatic carbocycles. The van der Waals surface area contributed by atoms with Crippen molar-refractivity contribution in [1.82, 2.24) is 0 Å². The van der Waals surface area contributed by atoms with Crippen molar-refractivity contribution in [3.63, 3.8) is 0 Å². The fraction of sp³-hybridized carbons (Fsp3) is 0.615. The van der Waals surface area contributed by atoms with E-state index < -0.39 is 39.5 Å². The average Bonchev–Trinajstić information content (AvgIpc) is 2.36. The molecular formula is C13H19NO5Se. The molecule has 0 heterocycles. The van der Waals surface area contributed by atoms with E-state index in [1.165, 1.54) is 13.8 Å². The van der Waals surface area contributed by atoms with Crippen molar-refractivity contribution in [1.29, 1.82) is 5.26 Å². The van der Waals surface area contributed by atoms with Gasteiger partial charge in [0.15, 0.2) is 0 Å². The topological polar surface area (TPSA) is 85.6 Å². The van der Waals surface area contributed by atoms with Crippen molar-refractivity contribution >= 4 is 26.9 Å². The van der Waals surface area contributed by atoms with Gasteiger partial charge in [0.1, 0.15) is 0 Å². The minimum atomic E-state index is -0.843. The zero-order chi connectivity index (χ0) is 15.5. The molecule has 0 bridgehead atoms. The van der Waals surface area contributed by atoms with Gasteiger partial charge in [-0.3, -0.25) is 0 Å². The molecule has 0 spiro atoms. The molecule has 0 N–H and O–H groups in total. The third kappa shape index (κ3) is 8.70. The van der Waals surface area contributed by atoms with E-state index in [2.05, 4.69) is 6.58 Å². The van der Waals surface area contributed by atoms with Crippen LogP contribution in [-0.2, 0) is 23.8 Å². The molecule has 0 aliphatic rings. The Kier molecular flexibility index (Phi) is 9.73. The first kappa shape index (κ1) is 18.6. The molecule has 6 nitrogen and oxygen atoms in total. The summed E-state index contributed by atoms with van der Waals surface area (Å²) in [6.07, 6.45) is -0.400. The van der Waals surface area contributed by atoms with Gasteiger partial charge in [0.05, 0.1) is 0 Å². The second-order valence-corrected chi connectivity index (χ2v) is 5.57. The van der Waals surface area contributed by atoms with E-state index in [0.29, 0.717) is 6.42 Å². The zero-order valence-electron chi connectivity index (χ0n) is 11.9. The van der Waals surface area contributed by atoms with E-state index in [4.69, 9.17) is 19.5 Å². The van der Waals surface area contributed by atoms with E-state index in [-0.39, 0.29) is 10.9 Å². The first-order valence-corrected chi connectivity index (χ1v) is 8.19. The fourth-order valence-corrected chi connectivity index (χ4v) is 1.68. The predicted octanol–water partition coefficient (Wildman–Crippen LogP) is 1.74. The van der Waals surface area contributed by atoms with Crippen LogP contribution < -0.4 is 0 Å². The molecule has 0 aliphatic heterocycles. The molecule has 2 atom stereocenters. The predicted molar refractivity (Wildman–Crippen MR) is 72.4 cm³/mol. The van der Waals surface area contributed by atoms with E-state index >= 15 is 0 Å². The Bertz CT molecular complexity index is 391. The van der Waals surface area contributed by atoms with Gasteiger partial charge in [0.25, 0.3) is 0 Å². The van der Waals surface area contributed by atoms with E-state index in [0.717, 1.165) is 6.42 Å². The van der Waals surface area contributed by atoms with E-state index in [1.54, 1.807) is 0 Å². The minimum absolute atomic E-state index is 0.0764. The van der Waals surface area contributed by atoms with Gasteiger partial charge in [-0.1, -0.05) is 0 Å². The summed E-state index contributed by atoms with van der Waals surface area (Å²) in [5, 5.41) is 8.50. The third-order valence-corrected chi connectivity index (χ3v) is 3.07. The van der Waals surface area contributed by atoms with Crippen LogP contribution in [0.15, 0.2) is 12.2 Å². The molecule has 0 aromatic rings. The second kappa shape index (κ2) is 10.4. The number of nitriles is 1. The number of nitrogens with zero attached hydrogens (tertiary/aromatic N) is 1. The van der Waals surface area contributed by atoms with Gasteiger partial charge in [-0.2, -0.15) is 0 Å². The molecule has 0 radical (unpaired) electrons. The van der Waals surface area contributed by atoms with Gasteiger partial charge in [-0.15, -0.1) is 0 Å². The molecular weight excluding hydrogens is 329 g/mol. The molecule has 0 amide bonds. The number of esters is 2. The number of hydrogen-bond donors (Lipinski definition) is 0. The number of hydrogen-bond acceptors (Lipinski definition) is 6. The van der Waals surface area contributed by atoms with Gasteiger partial charge >= 0.3 is 125 Å². The molecule has 0 saturated heterocycles. The summed E-state index contributed by atoms with van der Waals surface area (Å²) >= 11 is -0.425. The fourth-order valence-electron chi connectivity index (χ4n) is 1.16. The van der Waals surface area contributed by atoms with Crippen LogP contribution in [0.2, 0.25) is 5.32 Å². The van der Waals surface area contributed by atoms with Crippen LogP contribution in [0.25, 0.3) is 0 Å². The number of carbonyl (C=O) groups excluding carboxylic acids is 2. The Morgan fingerprint density at radius 3 is 2.55 bits per heavy atom. The van der Waals surface area contributed by atoms with Crippen molar-refractivity contribution in [2.75, 3.05) is 0 Å². The maximum absolute atomic E-state index is 11.4. The van der Waals surface area contributed by atoms with Crippen LogP contribution in [0.4, 0.5) is 0 Å². The first-order valence-electron chi connectivity index (χ1n) is 6.13. The normalized spacial score (nSPS) is 12.9. The summed E-state index contributed by atoms with van der Waals surface area (Å²) in [4.78, 5) is 24.7. The zero-order valence-corrected chi connectivity index (χ0v) is 13.6. The van der Waals surface area contributed by atoms with Gasteiger partial charge in [0, 0.05) is 0 Å². The van der Waals surface area contributed by atoms with Crippen molar-refractivity contribution in [3.05, 3.63) is 12.2 Å². The van der Waals surface area contributed by atoms with Crippen LogP contribution in [0.5, 0.6) is 0 Å².